The van der Waals surface area contributed by atoms with E-state index in [1.807, 2.05) is 6.07 Å². The van der Waals surface area contributed by atoms with Crippen molar-refractivity contribution in [2.75, 3.05) is 4.90 Å². The summed E-state index contributed by atoms with van der Waals surface area (Å²) in [6.45, 7) is 5.29. The van der Waals surface area contributed by atoms with Gasteiger partial charge in [-0.2, -0.15) is 13.2 Å². The Kier molecular flexibility index (Phi) is 6.34. The maximum absolute atomic E-state index is 13.4. The van der Waals surface area contributed by atoms with E-state index >= 15 is 0 Å². The van der Waals surface area contributed by atoms with Gasteiger partial charge in [-0.05, 0) is 61.0 Å². The summed E-state index contributed by atoms with van der Waals surface area (Å²) in [5, 5.41) is 0.868. The average Bonchev–Trinajstić information content (AvgIpc) is 2.78. The van der Waals surface area contributed by atoms with Gasteiger partial charge in [0.2, 0.25) is 0 Å². The molecule has 1 saturated heterocycles. The van der Waals surface area contributed by atoms with Gasteiger partial charge in [-0.15, -0.1) is 0 Å². The smallest absolute Gasteiger partial charge is 0.323 e. The number of carbonyl (C=O) groups is 1. The normalized spacial score (nSPS) is 19.3. The van der Waals surface area contributed by atoms with E-state index in [2.05, 4.69) is 0 Å². The van der Waals surface area contributed by atoms with Gasteiger partial charge in [0, 0.05) is 36.7 Å². The first-order valence-electron chi connectivity index (χ1n) is 11.1. The number of aryl methyl sites for hydroxylation is 1. The molecule has 35 heavy (non-hydrogen) atoms. The van der Waals surface area contributed by atoms with Gasteiger partial charge in [0.1, 0.15) is 0 Å². The second kappa shape index (κ2) is 8.75. The van der Waals surface area contributed by atoms with Crippen molar-refractivity contribution in [2.24, 2.45) is 13.0 Å². The molecule has 4 nitrogen and oxygen atoms in total. The lowest BCUT2D eigenvalue weighted by atomic mass is 9.75. The number of anilines is 1. The number of ketones is 1. The SMILES string of the molecule is CC(c1ccc(Cl)c(C(F)(F)F)c1)C1CC(=O)C(C)(C)N(c2ccc3ccn(C)c(=O)c3c2)C1=S. The molecular weight excluding hydrogens is 497 g/mol. The van der Waals surface area contributed by atoms with Gasteiger partial charge in [-0.25, -0.2) is 0 Å². The highest BCUT2D eigenvalue weighted by Gasteiger charge is 2.47. The van der Waals surface area contributed by atoms with Crippen LogP contribution in [0.4, 0.5) is 18.9 Å². The molecular formula is C26H24ClF3N2O2S. The number of hydrogen-bond acceptors (Lipinski definition) is 3. The Balaban J connectivity index is 1.79. The minimum Gasteiger partial charge on any atom is -0.323 e. The number of Topliss-reactive ketones (excluding diaryl/α,β-unsaturated/α-hetero) is 1. The number of nitrogens with zero attached hydrogens (tertiary/aromatic N) is 2. The summed E-state index contributed by atoms with van der Waals surface area (Å²) in [6.07, 6.45) is -2.81. The Morgan fingerprint density at radius 1 is 1.11 bits per heavy atom. The molecule has 2 aromatic carbocycles. The highest BCUT2D eigenvalue weighted by Crippen LogP contribution is 2.42. The van der Waals surface area contributed by atoms with Crippen LogP contribution in [0.1, 0.15) is 44.2 Å². The predicted molar refractivity (Wildman–Crippen MR) is 136 cm³/mol. The summed E-state index contributed by atoms with van der Waals surface area (Å²) in [4.78, 5) is 28.2. The zero-order valence-corrected chi connectivity index (χ0v) is 21.2. The number of fused-ring (bicyclic) bond motifs is 1. The van der Waals surface area contributed by atoms with E-state index in [-0.39, 0.29) is 22.8 Å². The Morgan fingerprint density at radius 2 is 1.80 bits per heavy atom. The van der Waals surface area contributed by atoms with Crippen molar-refractivity contribution >= 4 is 51.1 Å². The summed E-state index contributed by atoms with van der Waals surface area (Å²) in [7, 11) is 1.66. The molecule has 1 aliphatic heterocycles. The molecule has 9 heteroatoms. The first-order chi connectivity index (χ1) is 16.2. The first-order valence-corrected chi connectivity index (χ1v) is 11.9. The van der Waals surface area contributed by atoms with Gasteiger partial charge < -0.3 is 9.47 Å². The van der Waals surface area contributed by atoms with Crippen LogP contribution in [0.15, 0.2) is 53.5 Å². The van der Waals surface area contributed by atoms with Crippen molar-refractivity contribution in [3.05, 3.63) is 75.2 Å². The molecule has 4 rings (SSSR count). The van der Waals surface area contributed by atoms with Crippen LogP contribution in [0.2, 0.25) is 5.02 Å². The number of alkyl halides is 3. The quantitative estimate of drug-likeness (QED) is 0.369. The lowest BCUT2D eigenvalue weighted by Gasteiger charge is -2.47. The number of halogens is 4. The topological polar surface area (TPSA) is 42.3 Å². The monoisotopic (exact) mass is 520 g/mol. The number of pyridine rings is 1. The number of thiocarbonyl (C=S) groups is 1. The second-order valence-corrected chi connectivity index (χ2v) is 10.3. The first kappa shape index (κ1) is 25.4. The molecule has 1 fully saturated rings. The molecule has 3 aromatic rings. The van der Waals surface area contributed by atoms with E-state index in [1.165, 1.54) is 10.6 Å². The van der Waals surface area contributed by atoms with Crippen LogP contribution in [0.5, 0.6) is 0 Å². The fourth-order valence-electron chi connectivity index (χ4n) is 4.68. The van der Waals surface area contributed by atoms with E-state index in [9.17, 15) is 22.8 Å². The molecule has 2 atom stereocenters. The van der Waals surface area contributed by atoms with Crippen molar-refractivity contribution in [3.63, 3.8) is 0 Å². The molecule has 1 aromatic heterocycles. The van der Waals surface area contributed by atoms with Crippen molar-refractivity contribution in [3.8, 4) is 0 Å². The molecule has 0 N–H and O–H groups in total. The van der Waals surface area contributed by atoms with Crippen LogP contribution in [-0.4, -0.2) is 20.9 Å². The Morgan fingerprint density at radius 3 is 2.46 bits per heavy atom. The standard InChI is InChI=1S/C26H24ClF3N2O2S/c1-14(16-6-8-21(27)20(11-16)26(28,29)30)18-13-22(33)25(2,3)32(24(18)35)17-7-5-15-9-10-31(4)23(34)19(15)12-17/h5-12,14,18H,13H2,1-4H3. The van der Waals surface area contributed by atoms with Crippen molar-refractivity contribution in [2.45, 2.75) is 44.8 Å². The molecule has 1 aliphatic rings. The van der Waals surface area contributed by atoms with Gasteiger partial charge in [0.05, 0.1) is 21.1 Å². The highest BCUT2D eigenvalue weighted by atomic mass is 35.5. The summed E-state index contributed by atoms with van der Waals surface area (Å²) in [6, 6.07) is 11.0. The van der Waals surface area contributed by atoms with E-state index < -0.39 is 29.1 Å². The van der Waals surface area contributed by atoms with Gasteiger partial charge >= 0.3 is 6.18 Å². The number of carbonyl (C=O) groups excluding carboxylic acids is 1. The van der Waals surface area contributed by atoms with E-state index in [4.69, 9.17) is 23.8 Å². The van der Waals surface area contributed by atoms with E-state index in [1.54, 1.807) is 63.2 Å². The number of piperidine rings is 1. The average molecular weight is 521 g/mol. The zero-order valence-electron chi connectivity index (χ0n) is 19.6. The fraction of sp³-hybridized carbons (Fsp3) is 0.346. The Labute approximate surface area is 211 Å². The third-order valence-corrected chi connectivity index (χ3v) is 7.75. The molecule has 0 bridgehead atoms. The van der Waals surface area contributed by atoms with Crippen LogP contribution >= 0.6 is 23.8 Å². The molecule has 2 unspecified atom stereocenters. The fourth-order valence-corrected chi connectivity index (χ4v) is 5.53. The van der Waals surface area contributed by atoms with E-state index in [0.717, 1.165) is 11.5 Å². The van der Waals surface area contributed by atoms with Crippen molar-refractivity contribution in [1.82, 2.24) is 4.57 Å². The number of hydrogen-bond donors (Lipinski definition) is 0. The number of aromatic nitrogens is 1. The van der Waals surface area contributed by atoms with Crippen molar-refractivity contribution < 1.29 is 18.0 Å². The predicted octanol–water partition coefficient (Wildman–Crippen LogP) is 6.52. The van der Waals surface area contributed by atoms with Gasteiger partial charge in [0.15, 0.2) is 5.78 Å². The third kappa shape index (κ3) is 4.38. The number of rotatable bonds is 3. The van der Waals surface area contributed by atoms with Crippen LogP contribution in [0.3, 0.4) is 0 Å². The van der Waals surface area contributed by atoms with Crippen LogP contribution in [0.25, 0.3) is 10.8 Å². The second-order valence-electron chi connectivity index (χ2n) is 9.50. The maximum atomic E-state index is 13.4. The van der Waals surface area contributed by atoms with Crippen LogP contribution in [0, 0.1) is 5.92 Å². The molecule has 0 spiro atoms. The lowest BCUT2D eigenvalue weighted by Crippen LogP contribution is -2.60. The van der Waals surface area contributed by atoms with Gasteiger partial charge in [-0.3, -0.25) is 9.59 Å². The lowest BCUT2D eigenvalue weighted by molar-refractivity contribution is -0.137. The van der Waals surface area contributed by atoms with E-state index in [0.29, 0.717) is 21.6 Å². The van der Waals surface area contributed by atoms with Crippen LogP contribution in [-0.2, 0) is 18.0 Å². The summed E-state index contributed by atoms with van der Waals surface area (Å²) >= 11 is 11.7. The van der Waals surface area contributed by atoms with Crippen molar-refractivity contribution in [1.29, 1.82) is 0 Å². The number of benzene rings is 2. The Hall–Kier alpha value is -2.71. The minimum atomic E-state index is -4.60. The third-order valence-electron chi connectivity index (χ3n) is 6.93. The summed E-state index contributed by atoms with van der Waals surface area (Å²) in [5.41, 5.74) is -1.10. The summed E-state index contributed by atoms with van der Waals surface area (Å²) < 4.78 is 41.8. The van der Waals surface area contributed by atoms with Gasteiger partial charge in [0.25, 0.3) is 5.56 Å². The molecule has 184 valence electrons. The highest BCUT2D eigenvalue weighted by molar-refractivity contribution is 7.80. The molecule has 0 aliphatic carbocycles. The minimum absolute atomic E-state index is 0.0889. The van der Waals surface area contributed by atoms with Crippen LogP contribution < -0.4 is 10.5 Å². The largest absolute Gasteiger partial charge is 0.417 e. The molecule has 0 radical (unpaired) electrons. The molecule has 0 saturated carbocycles. The van der Waals surface area contributed by atoms with Gasteiger partial charge in [-0.1, -0.05) is 42.9 Å². The maximum Gasteiger partial charge on any atom is 0.417 e. The molecule has 2 heterocycles. The Bertz CT molecular complexity index is 1410. The summed E-state index contributed by atoms with van der Waals surface area (Å²) in [5.74, 6) is -1.08. The zero-order chi connectivity index (χ0) is 25.9. The molecule has 0 amide bonds.